The van der Waals surface area contributed by atoms with E-state index in [1.165, 1.54) is 30.3 Å². The first kappa shape index (κ1) is 49.9. The van der Waals surface area contributed by atoms with Crippen molar-refractivity contribution in [1.29, 1.82) is 0 Å². The molecule has 272 valence electrons. The van der Waals surface area contributed by atoms with Gasteiger partial charge in [0.2, 0.25) is 0 Å². The van der Waals surface area contributed by atoms with Gasteiger partial charge in [-0.15, -0.1) is 0 Å². The van der Waals surface area contributed by atoms with Gasteiger partial charge in [0.05, 0.1) is 22.8 Å². The number of aromatic nitrogens is 5. The Morgan fingerprint density at radius 1 is 0.510 bits per heavy atom. The first-order chi connectivity index (χ1) is 20.6. The Kier molecular flexibility index (Phi) is 20.1. The van der Waals surface area contributed by atoms with Gasteiger partial charge in [-0.05, 0) is 60.7 Å². The van der Waals surface area contributed by atoms with Crippen molar-refractivity contribution in [3.05, 3.63) is 116 Å². The third-order valence-electron chi connectivity index (χ3n) is 4.46. The zero-order valence-electron chi connectivity index (χ0n) is 24.2. The van der Waals surface area contributed by atoms with Crippen LogP contribution in [0.5, 0.6) is 0 Å². The van der Waals surface area contributed by atoms with Crippen molar-refractivity contribution < 1.29 is 89.8 Å². The molecule has 0 aliphatic rings. The number of hydrogen-bond acceptors (Lipinski definition) is 8. The van der Waals surface area contributed by atoms with Gasteiger partial charge >= 0.3 is 60.1 Å². The van der Waals surface area contributed by atoms with Gasteiger partial charge in [0.25, 0.3) is 0 Å². The molecule has 0 fully saturated rings. The van der Waals surface area contributed by atoms with Crippen LogP contribution in [-0.2, 0) is 28.6 Å². The standard InChI is InChI=1S/C15H13N3O6P2.2C5H5N.F6P.3H2O.Ru/c19-25(20,21)14-8-2-6-12(17-14)10-4-1-5-11(16-10)13-7-3-9-15(18-13)26(22,23)24;2*1-2-4-6-5-3-1;1-7(2,3,4,5)6;;;;/h1-9H,(H2,19,20,21)(H2,22,23,24);2*1-5H;;3*1H2;/q;;;-1;;;;+2/p-1. The number of rotatable bonds is 4. The molecule has 0 amide bonds. The van der Waals surface area contributed by atoms with Crippen LogP contribution in [0.15, 0.2) is 116 Å². The number of halogens is 6. The van der Waals surface area contributed by atoms with Crippen molar-refractivity contribution in [3.8, 4) is 22.8 Å². The van der Waals surface area contributed by atoms with Gasteiger partial charge in [0.1, 0.15) is 5.44 Å². The fraction of sp³-hybridized carbons (Fsp3) is 0. The molecule has 5 aromatic rings. The molecule has 0 saturated heterocycles. The third kappa shape index (κ3) is 23.5. The first-order valence-corrected chi connectivity index (χ1v) is 17.1. The quantitative estimate of drug-likeness (QED) is 0.134. The van der Waals surface area contributed by atoms with Crippen LogP contribution in [0.4, 0.5) is 25.2 Å². The molecule has 0 radical (unpaired) electrons. The van der Waals surface area contributed by atoms with Gasteiger partial charge in [0, 0.05) is 24.8 Å². The molecule has 0 aliphatic heterocycles. The fourth-order valence-electron chi connectivity index (χ4n) is 2.80. The predicted molar refractivity (Wildman–Crippen MR) is 165 cm³/mol. The molecule has 0 spiro atoms. The van der Waals surface area contributed by atoms with Crippen LogP contribution in [0.2, 0.25) is 0 Å². The molecule has 1 atom stereocenters. The van der Waals surface area contributed by atoms with Gasteiger partial charge in [-0.1, -0.05) is 30.3 Å². The van der Waals surface area contributed by atoms with E-state index in [0.29, 0.717) is 11.4 Å². The normalized spacial score (nSPS) is 12.7. The second-order valence-corrected chi connectivity index (χ2v) is 13.2. The summed E-state index contributed by atoms with van der Waals surface area (Å²) in [5.41, 5.74) is 0.209. The van der Waals surface area contributed by atoms with E-state index >= 15 is 0 Å². The molecular formula is C25H28F6N5O9P3Ru. The minimum absolute atomic E-state index is 0. The summed E-state index contributed by atoms with van der Waals surface area (Å²) < 4.78 is 81.8. The van der Waals surface area contributed by atoms with E-state index in [2.05, 4.69) is 24.9 Å². The van der Waals surface area contributed by atoms with Crippen LogP contribution < -0.4 is 15.8 Å². The van der Waals surface area contributed by atoms with E-state index in [-0.39, 0.29) is 52.7 Å². The van der Waals surface area contributed by atoms with Crippen molar-refractivity contribution in [2.45, 2.75) is 0 Å². The van der Waals surface area contributed by atoms with Crippen LogP contribution >= 0.6 is 23.0 Å². The largest absolute Gasteiger partial charge is 2.00 e. The molecule has 9 N–H and O–H groups in total. The molecule has 1 unspecified atom stereocenters. The molecule has 5 rings (SSSR count). The average molecular weight is 851 g/mol. The molecule has 5 aromatic heterocycles. The number of nitrogens with zero attached hydrogens (tertiary/aromatic N) is 5. The fourth-order valence-corrected chi connectivity index (χ4v) is 3.82. The Bertz CT molecular complexity index is 1600. The molecular weight excluding hydrogens is 822 g/mol. The molecule has 0 aliphatic carbocycles. The zero-order valence-corrected chi connectivity index (χ0v) is 28.7. The van der Waals surface area contributed by atoms with E-state index in [1.807, 2.05) is 36.4 Å². The van der Waals surface area contributed by atoms with E-state index in [1.54, 1.807) is 43.0 Å². The molecule has 24 heteroatoms. The minimum Gasteiger partial charge on any atom is -0.774 e. The minimum atomic E-state index is -10.7. The number of pyridine rings is 5. The Labute approximate surface area is 286 Å². The van der Waals surface area contributed by atoms with Crippen LogP contribution in [0, 0.1) is 0 Å². The predicted octanol–water partition coefficient (Wildman–Crippen LogP) is 3.25. The van der Waals surface area contributed by atoms with Gasteiger partial charge in [-0.2, -0.15) is 0 Å². The summed E-state index contributed by atoms with van der Waals surface area (Å²) in [6.07, 6.45) is 7.00. The summed E-state index contributed by atoms with van der Waals surface area (Å²) >= 11 is 0. The van der Waals surface area contributed by atoms with Gasteiger partial charge in [-0.25, -0.2) is 15.0 Å². The Morgan fingerprint density at radius 3 is 1.06 bits per heavy atom. The van der Waals surface area contributed by atoms with Gasteiger partial charge in [0.15, 0.2) is 13.0 Å². The molecule has 14 nitrogen and oxygen atoms in total. The molecule has 49 heavy (non-hydrogen) atoms. The molecule has 0 aromatic carbocycles. The van der Waals surface area contributed by atoms with Gasteiger partial charge < -0.3 is 40.6 Å². The van der Waals surface area contributed by atoms with Crippen LogP contribution in [0.3, 0.4) is 0 Å². The Balaban J connectivity index is -0.000000754. The summed E-state index contributed by atoms with van der Waals surface area (Å²) in [7, 11) is -19.9. The molecule has 0 bridgehead atoms. The Hall–Kier alpha value is -3.44. The number of hydrogen-bond donors (Lipinski definition) is 3. The van der Waals surface area contributed by atoms with Crippen LogP contribution in [0.1, 0.15) is 0 Å². The Morgan fingerprint density at radius 2 is 0.796 bits per heavy atom. The van der Waals surface area contributed by atoms with Crippen molar-refractivity contribution in [2.24, 2.45) is 0 Å². The van der Waals surface area contributed by atoms with Crippen molar-refractivity contribution in [3.63, 3.8) is 0 Å². The summed E-state index contributed by atoms with van der Waals surface area (Å²) in [4.78, 5) is 58.5. The molecule has 5 heterocycles. The summed E-state index contributed by atoms with van der Waals surface area (Å²) in [5.74, 6) is 0. The van der Waals surface area contributed by atoms with E-state index < -0.39 is 28.4 Å². The average Bonchev–Trinajstić information content (AvgIpc) is 2.97. The summed E-state index contributed by atoms with van der Waals surface area (Å²) in [6, 6.07) is 24.5. The van der Waals surface area contributed by atoms with E-state index in [4.69, 9.17) is 4.89 Å². The maximum Gasteiger partial charge on any atom is 2.00 e. The topological polar surface area (TPSA) is 277 Å². The van der Waals surface area contributed by atoms with Crippen LogP contribution in [-0.4, -0.2) is 56.0 Å². The first-order valence-electron chi connectivity index (χ1n) is 11.9. The van der Waals surface area contributed by atoms with E-state index in [0.717, 1.165) is 6.07 Å². The zero-order chi connectivity index (χ0) is 33.8. The van der Waals surface area contributed by atoms with E-state index in [9.17, 15) is 49.0 Å². The molecule has 0 saturated carbocycles. The van der Waals surface area contributed by atoms with Crippen molar-refractivity contribution in [2.75, 3.05) is 0 Å². The SMILES string of the molecule is F[P-](F)(F)(F)(F)F.O.O.O.O=P([O-])(O)c1cccc(-c2cccc(-c3cccc(P(=O)(O)O)n3)n2)n1.[Ru+2].c1ccncc1.c1ccncc1. The van der Waals surface area contributed by atoms with Crippen molar-refractivity contribution in [1.82, 2.24) is 24.9 Å². The third-order valence-corrected chi connectivity index (χ3v) is 6.14. The van der Waals surface area contributed by atoms with Crippen LogP contribution in [0.25, 0.3) is 22.8 Å². The van der Waals surface area contributed by atoms with Gasteiger partial charge in [-0.3, -0.25) is 14.5 Å². The maximum atomic E-state index is 11.4. The summed E-state index contributed by atoms with van der Waals surface area (Å²) in [6.45, 7) is 0. The van der Waals surface area contributed by atoms with Crippen molar-refractivity contribution >= 4 is 33.9 Å². The second kappa shape index (κ2) is 19.7. The monoisotopic (exact) mass is 851 g/mol. The summed E-state index contributed by atoms with van der Waals surface area (Å²) in [5, 5.41) is 0. The smallest absolute Gasteiger partial charge is 0.774 e. The second-order valence-electron chi connectivity index (χ2n) is 8.24. The maximum absolute atomic E-state index is 11.4.